The molecule has 2 amide bonds. The van der Waals surface area contributed by atoms with Crippen molar-refractivity contribution in [2.45, 2.75) is 405 Å². The summed E-state index contributed by atoms with van der Waals surface area (Å²) in [6, 6.07) is 26.3. The highest BCUT2D eigenvalue weighted by Gasteiger charge is 2.51. The van der Waals surface area contributed by atoms with E-state index in [-0.39, 0.29) is 64.0 Å². The van der Waals surface area contributed by atoms with E-state index in [4.69, 9.17) is 33.2 Å². The lowest BCUT2D eigenvalue weighted by molar-refractivity contribution is -0.295. The van der Waals surface area contributed by atoms with Gasteiger partial charge in [0.05, 0.1) is 32.3 Å². The lowest BCUT2D eigenvalue weighted by Crippen LogP contribution is -2.67. The Balaban J connectivity index is 1.70. The summed E-state index contributed by atoms with van der Waals surface area (Å²) in [7, 11) is 0. The van der Waals surface area contributed by atoms with E-state index in [9.17, 15) is 19.2 Å². The highest BCUT2D eigenvalue weighted by Crippen LogP contribution is 2.32. The van der Waals surface area contributed by atoms with Crippen LogP contribution in [-0.2, 0) is 77.0 Å². The van der Waals surface area contributed by atoms with Crippen LogP contribution in [0.3, 0.4) is 0 Å². The number of carbonyl (C=O) groups excluding carboxylic acids is 5. The number of ether oxygens (including phenoxy) is 7. The summed E-state index contributed by atoms with van der Waals surface area (Å²) in [5.74, 6) is -2.27. The van der Waals surface area contributed by atoms with E-state index in [1.54, 1.807) is 6.92 Å². The van der Waals surface area contributed by atoms with Crippen molar-refractivity contribution < 1.29 is 57.1 Å². The first-order chi connectivity index (χ1) is 49.5. The Bertz CT molecular complexity index is 2480. The maximum Gasteiger partial charge on any atom is 0.331 e. The molecule has 1 aliphatic rings. The number of benzene rings is 3. The Morgan fingerprint density at radius 1 is 0.426 bits per heavy atom. The van der Waals surface area contributed by atoms with Gasteiger partial charge in [-0.3, -0.25) is 19.2 Å². The summed E-state index contributed by atoms with van der Waals surface area (Å²) < 4.78 is 46.6. The van der Waals surface area contributed by atoms with Crippen molar-refractivity contribution in [2.24, 2.45) is 0 Å². The fourth-order valence-corrected chi connectivity index (χ4v) is 13.6. The fraction of sp³-hybridized carbons (Fsp3) is 0.736. The molecule has 1 heterocycles. The number of nitrogens with one attached hydrogen (secondary N) is 2. The minimum absolute atomic E-state index is 0.0377. The topological polar surface area (TPSA) is 174 Å². The zero-order chi connectivity index (χ0) is 72.3. The van der Waals surface area contributed by atoms with E-state index in [0.717, 1.165) is 107 Å². The maximum atomic E-state index is 15.3. The average Bonchev–Trinajstić information content (AvgIpc) is 0.781. The van der Waals surface area contributed by atoms with Crippen LogP contribution >= 0.6 is 0 Å². The molecule has 4 rings (SSSR count). The normalized spacial score (nSPS) is 16.9. The highest BCUT2D eigenvalue weighted by molar-refractivity contribution is 5.85. The van der Waals surface area contributed by atoms with Gasteiger partial charge < -0.3 is 43.8 Å². The lowest BCUT2D eigenvalue weighted by atomic mass is 9.95. The predicted molar refractivity (Wildman–Crippen MR) is 410 cm³/mol. The monoisotopic (exact) mass is 1410 g/mol. The van der Waals surface area contributed by atoms with Gasteiger partial charge in [0.15, 0.2) is 18.4 Å². The second-order valence-corrected chi connectivity index (χ2v) is 29.1. The first-order valence-corrected chi connectivity index (χ1v) is 41.3. The second kappa shape index (κ2) is 60.2. The molecule has 101 heavy (non-hydrogen) atoms. The summed E-state index contributed by atoms with van der Waals surface area (Å²) in [6.07, 6.45) is 42.1. The van der Waals surface area contributed by atoms with Crippen LogP contribution < -0.4 is 10.6 Å². The van der Waals surface area contributed by atoms with Crippen molar-refractivity contribution in [2.75, 3.05) is 6.61 Å². The van der Waals surface area contributed by atoms with Crippen LogP contribution in [0.15, 0.2) is 91.0 Å². The molecular weight excluding hydrogens is 1260 g/mol. The Morgan fingerprint density at radius 2 is 0.812 bits per heavy atom. The van der Waals surface area contributed by atoms with E-state index in [1.807, 2.05) is 91.0 Å². The Hall–Kier alpha value is -5.15. The van der Waals surface area contributed by atoms with Crippen LogP contribution in [0.1, 0.15) is 353 Å². The zero-order valence-electron chi connectivity index (χ0n) is 64.2. The van der Waals surface area contributed by atoms with Crippen LogP contribution in [0.25, 0.3) is 0 Å². The van der Waals surface area contributed by atoms with Crippen LogP contribution in [0, 0.1) is 0 Å². The molecule has 572 valence electrons. The van der Waals surface area contributed by atoms with E-state index >= 15 is 4.79 Å². The van der Waals surface area contributed by atoms with Crippen LogP contribution in [-0.4, -0.2) is 85.2 Å². The van der Waals surface area contributed by atoms with Crippen LogP contribution in [0.4, 0.5) is 0 Å². The first kappa shape index (κ1) is 88.2. The third-order valence-corrected chi connectivity index (χ3v) is 19.9. The fourth-order valence-electron chi connectivity index (χ4n) is 13.6. The van der Waals surface area contributed by atoms with Crippen molar-refractivity contribution >= 4 is 29.7 Å². The Morgan fingerprint density at radius 3 is 1.26 bits per heavy atom. The van der Waals surface area contributed by atoms with E-state index in [1.165, 1.54) is 167 Å². The first-order valence-electron chi connectivity index (χ1n) is 41.3. The maximum absolute atomic E-state index is 15.3. The average molecular weight is 1410 g/mol. The molecule has 0 radical (unpaired) electrons. The summed E-state index contributed by atoms with van der Waals surface area (Å²) in [4.78, 5) is 72.6. The molecule has 0 saturated carbocycles. The molecule has 14 nitrogen and oxygen atoms in total. The molecule has 0 bridgehead atoms. The van der Waals surface area contributed by atoms with Crippen molar-refractivity contribution in [1.82, 2.24) is 10.6 Å². The second-order valence-electron chi connectivity index (χ2n) is 29.1. The quantitative estimate of drug-likeness (QED) is 0.0311. The highest BCUT2D eigenvalue weighted by atomic mass is 16.7. The molecule has 0 spiro atoms. The van der Waals surface area contributed by atoms with Gasteiger partial charge in [-0.1, -0.05) is 363 Å². The zero-order valence-corrected chi connectivity index (χ0v) is 64.2. The summed E-state index contributed by atoms with van der Waals surface area (Å²) in [5, 5.41) is 6.24. The number of hydrogen-bond donors (Lipinski definition) is 2. The molecule has 0 aromatic heterocycles. The van der Waals surface area contributed by atoms with Crippen molar-refractivity contribution in [3.05, 3.63) is 108 Å². The smallest absolute Gasteiger partial charge is 0.331 e. The Labute approximate surface area is 613 Å². The van der Waals surface area contributed by atoms with Gasteiger partial charge in [-0.2, -0.15) is 0 Å². The minimum Gasteiger partial charge on any atom is -0.462 e. The number of rotatable bonds is 65. The molecule has 3 aromatic carbocycles. The summed E-state index contributed by atoms with van der Waals surface area (Å²) in [5.41, 5.74) is 2.57. The van der Waals surface area contributed by atoms with Gasteiger partial charge in [-0.25, -0.2) is 4.79 Å². The van der Waals surface area contributed by atoms with Crippen molar-refractivity contribution in [3.63, 3.8) is 0 Å². The van der Waals surface area contributed by atoms with Crippen LogP contribution in [0.2, 0.25) is 0 Å². The number of unbranched alkanes of at least 4 members (excludes halogenated alkanes) is 38. The lowest BCUT2D eigenvalue weighted by Gasteiger charge is -2.46. The predicted octanol–water partition coefficient (Wildman–Crippen LogP) is 21.9. The number of carbonyl (C=O) groups is 5. The van der Waals surface area contributed by atoms with Gasteiger partial charge >= 0.3 is 17.9 Å². The number of esters is 3. The summed E-state index contributed by atoms with van der Waals surface area (Å²) in [6.45, 7) is 10.9. The Kier molecular flexibility index (Phi) is 52.6. The third kappa shape index (κ3) is 43.7. The third-order valence-electron chi connectivity index (χ3n) is 19.9. The van der Waals surface area contributed by atoms with Gasteiger partial charge in [0.1, 0.15) is 31.0 Å². The number of hydrogen-bond acceptors (Lipinski definition) is 12. The molecule has 3 aromatic rings. The minimum atomic E-state index is -1.41. The van der Waals surface area contributed by atoms with E-state index < -0.39 is 66.7 Å². The van der Waals surface area contributed by atoms with Crippen molar-refractivity contribution in [3.8, 4) is 0 Å². The molecule has 1 aliphatic heterocycles. The summed E-state index contributed by atoms with van der Waals surface area (Å²) >= 11 is 0. The van der Waals surface area contributed by atoms with Crippen LogP contribution in [0.5, 0.6) is 0 Å². The molecular formula is C87H142N2O12. The molecule has 1 fully saturated rings. The largest absolute Gasteiger partial charge is 0.462 e. The standard InChI is InChI=1S/C87H142N2O12/c1-6-10-14-18-22-26-29-33-37-41-54-64-78(90)88-82(86(94)97-70-75-61-51-46-52-62-75)72(5)98-87-83(89-79(91)67-76(63-53-40-36-32-25-21-17-13-9-4)99-80(92)65-55-42-38-34-30-27-23-19-15-11-7-2)85(101-81(93)66-56-43-39-35-31-28-24-20-16-12-8-3)84(96-69-74-59-49-45-50-60-74)77(100-87)71-95-68-73-57-47-44-48-58-73/h44-52,57-62,72,76-77,82-85,87H,6-43,53-56,63-71H2,1-5H3,(H,88,90)(H,89,91)/t72-,76-,77-,82+,83-,84-,85-,87-/m1/s1. The molecule has 0 aliphatic carbocycles. The van der Waals surface area contributed by atoms with Gasteiger partial charge in [0, 0.05) is 19.3 Å². The molecule has 8 atom stereocenters. The van der Waals surface area contributed by atoms with Crippen molar-refractivity contribution in [1.29, 1.82) is 0 Å². The SMILES string of the molecule is CCCCCCCCCCCCCC(=O)N[C@H](C(=O)OCc1ccccc1)[C@@H](C)O[C@@H]1O[C@H](COCc2ccccc2)[C@@H](OCc2ccccc2)[C@H](OC(=O)CCCCCCCCCCCCC)[C@H]1NC(=O)C[C@@H](CCCCCCCCCCC)OC(=O)CCCCCCCCCCCCC. The van der Waals surface area contributed by atoms with E-state index in [0.29, 0.717) is 19.3 Å². The number of amides is 2. The molecule has 0 unspecified atom stereocenters. The molecule has 1 saturated heterocycles. The van der Waals surface area contributed by atoms with Gasteiger partial charge in [-0.15, -0.1) is 0 Å². The molecule has 2 N–H and O–H groups in total. The van der Waals surface area contributed by atoms with Gasteiger partial charge in [-0.05, 0) is 55.7 Å². The molecule has 14 heteroatoms. The van der Waals surface area contributed by atoms with E-state index in [2.05, 4.69) is 38.3 Å². The van der Waals surface area contributed by atoms with Gasteiger partial charge in [0.2, 0.25) is 11.8 Å². The van der Waals surface area contributed by atoms with Gasteiger partial charge in [0.25, 0.3) is 0 Å².